The number of aryl methyl sites for hydroxylation is 1. The van der Waals surface area contributed by atoms with Gasteiger partial charge in [0.15, 0.2) is 0 Å². The summed E-state index contributed by atoms with van der Waals surface area (Å²) in [4.78, 5) is 37.4. The molecule has 0 atom stereocenters. The van der Waals surface area contributed by atoms with E-state index in [9.17, 15) is 18.9 Å². The highest BCUT2D eigenvalue weighted by molar-refractivity contribution is 7.93. The smallest absolute Gasteiger partial charge is 0.330 e. The predicted octanol–water partition coefficient (Wildman–Crippen LogP) is 4.61. The second-order valence-electron chi connectivity index (χ2n) is 7.66. The quantitative estimate of drug-likeness (QED) is 0.235. The van der Waals surface area contributed by atoms with Crippen molar-refractivity contribution in [3.05, 3.63) is 120 Å². The summed E-state index contributed by atoms with van der Waals surface area (Å²) < 4.78 is 24.9. The molecule has 0 aliphatic heterocycles. The molecule has 0 aromatic heterocycles. The summed E-state index contributed by atoms with van der Waals surface area (Å²) in [6, 6.07) is 20.5. The van der Waals surface area contributed by atoms with Gasteiger partial charge in [-0.3, -0.25) is 4.79 Å². The SMILES string of the molecule is C=CC(=O)OCc1cc(C)c(C(=O)P(=O)(c2ccccc2)c2ccccc2)c(COC(=O)C=C)c1. The summed E-state index contributed by atoms with van der Waals surface area (Å²) in [7, 11) is -3.79. The first-order chi connectivity index (χ1) is 16.8. The number of carbonyl (C=O) groups excluding carboxylic acids is 3. The third-order valence-electron chi connectivity index (χ3n) is 5.30. The fourth-order valence-corrected chi connectivity index (χ4v) is 6.27. The average Bonchev–Trinajstić information content (AvgIpc) is 2.90. The van der Waals surface area contributed by atoms with Crippen LogP contribution in [0.25, 0.3) is 0 Å². The number of benzene rings is 3. The minimum atomic E-state index is -3.79. The van der Waals surface area contributed by atoms with Crippen molar-refractivity contribution in [3.63, 3.8) is 0 Å². The van der Waals surface area contributed by atoms with Crippen molar-refractivity contribution in [2.45, 2.75) is 20.1 Å². The van der Waals surface area contributed by atoms with Crippen LogP contribution >= 0.6 is 7.14 Å². The molecule has 3 rings (SSSR count). The molecular weight excluding hydrogens is 463 g/mol. The maximum atomic E-state index is 14.6. The Hall–Kier alpha value is -4.02. The van der Waals surface area contributed by atoms with E-state index >= 15 is 0 Å². The van der Waals surface area contributed by atoms with E-state index in [0.29, 0.717) is 27.3 Å². The topological polar surface area (TPSA) is 86.7 Å². The number of ether oxygens (including phenoxy) is 2. The van der Waals surface area contributed by atoms with Crippen molar-refractivity contribution >= 4 is 35.2 Å². The van der Waals surface area contributed by atoms with E-state index in [2.05, 4.69) is 13.2 Å². The maximum Gasteiger partial charge on any atom is 0.330 e. The zero-order valence-corrected chi connectivity index (χ0v) is 20.2. The molecule has 0 N–H and O–H groups in total. The van der Waals surface area contributed by atoms with Crippen LogP contribution in [0.5, 0.6) is 0 Å². The third kappa shape index (κ3) is 5.73. The van der Waals surface area contributed by atoms with Crippen LogP contribution in [0.4, 0.5) is 0 Å². The number of hydrogen-bond acceptors (Lipinski definition) is 6. The Balaban J connectivity index is 2.17. The molecule has 0 bridgehead atoms. The Morgan fingerprint density at radius 3 is 1.77 bits per heavy atom. The molecule has 0 aliphatic rings. The first-order valence-corrected chi connectivity index (χ1v) is 12.5. The third-order valence-corrected chi connectivity index (χ3v) is 8.15. The van der Waals surface area contributed by atoms with Crippen molar-refractivity contribution in [2.75, 3.05) is 0 Å². The second-order valence-corrected chi connectivity index (χ2v) is 10.3. The van der Waals surface area contributed by atoms with Crippen molar-refractivity contribution in [1.82, 2.24) is 0 Å². The molecular formula is C28H25O6P. The Morgan fingerprint density at radius 2 is 1.29 bits per heavy atom. The molecule has 0 spiro atoms. The van der Waals surface area contributed by atoms with Gasteiger partial charge in [0.05, 0.1) is 0 Å². The van der Waals surface area contributed by atoms with Gasteiger partial charge in [0.25, 0.3) is 0 Å². The summed E-state index contributed by atoms with van der Waals surface area (Å²) in [5.41, 5.74) is 1.05. The summed E-state index contributed by atoms with van der Waals surface area (Å²) in [5, 5.41) is 0.794. The van der Waals surface area contributed by atoms with Crippen LogP contribution in [-0.4, -0.2) is 17.5 Å². The molecule has 0 aliphatic carbocycles. The summed E-state index contributed by atoms with van der Waals surface area (Å²) in [5.74, 6) is -1.26. The fourth-order valence-electron chi connectivity index (χ4n) is 3.68. The molecule has 0 unspecified atom stereocenters. The first kappa shape index (κ1) is 25.6. The van der Waals surface area contributed by atoms with Crippen molar-refractivity contribution in [1.29, 1.82) is 0 Å². The van der Waals surface area contributed by atoms with Crippen molar-refractivity contribution < 1.29 is 28.4 Å². The van der Waals surface area contributed by atoms with Crippen molar-refractivity contribution in [2.24, 2.45) is 0 Å². The van der Waals surface area contributed by atoms with Crippen LogP contribution in [-0.2, 0) is 36.8 Å². The van der Waals surface area contributed by atoms with E-state index in [1.165, 1.54) is 0 Å². The van der Waals surface area contributed by atoms with Gasteiger partial charge in [-0.25, -0.2) is 9.59 Å². The minimum absolute atomic E-state index is 0.0718. The van der Waals surface area contributed by atoms with E-state index < -0.39 is 24.6 Å². The van der Waals surface area contributed by atoms with Crippen LogP contribution in [0.3, 0.4) is 0 Å². The zero-order chi connectivity index (χ0) is 25.4. The highest BCUT2D eigenvalue weighted by atomic mass is 31.2. The summed E-state index contributed by atoms with van der Waals surface area (Å²) >= 11 is 0. The Bertz CT molecular complexity index is 1270. The zero-order valence-electron chi connectivity index (χ0n) is 19.3. The average molecular weight is 488 g/mol. The standard InChI is InChI=1S/C28H25O6P/c1-4-25(29)33-18-21-16-20(3)27(22(17-21)19-34-26(30)5-2)28(31)35(32,23-12-8-6-9-13-23)24-14-10-7-11-15-24/h4-17H,1-2,18-19H2,3H3. The lowest BCUT2D eigenvalue weighted by atomic mass is 9.99. The van der Waals surface area contributed by atoms with E-state index in [4.69, 9.17) is 9.47 Å². The van der Waals surface area contributed by atoms with E-state index in [1.807, 2.05) is 0 Å². The predicted molar refractivity (Wildman–Crippen MR) is 135 cm³/mol. The number of hydrogen-bond donors (Lipinski definition) is 0. The van der Waals surface area contributed by atoms with Gasteiger partial charge in [-0.05, 0) is 24.1 Å². The van der Waals surface area contributed by atoms with E-state index in [-0.39, 0.29) is 18.8 Å². The van der Waals surface area contributed by atoms with Gasteiger partial charge in [-0.15, -0.1) is 0 Å². The van der Waals surface area contributed by atoms with Gasteiger partial charge in [0, 0.05) is 33.9 Å². The molecule has 0 amide bonds. The van der Waals surface area contributed by atoms with Gasteiger partial charge in [0.1, 0.15) is 13.2 Å². The molecule has 0 radical (unpaired) electrons. The monoisotopic (exact) mass is 488 g/mol. The highest BCUT2D eigenvalue weighted by Crippen LogP contribution is 2.48. The van der Waals surface area contributed by atoms with Gasteiger partial charge in [-0.1, -0.05) is 79.9 Å². The lowest BCUT2D eigenvalue weighted by Crippen LogP contribution is -2.24. The van der Waals surface area contributed by atoms with Gasteiger partial charge >= 0.3 is 11.9 Å². The fraction of sp³-hybridized carbons (Fsp3) is 0.107. The lowest BCUT2D eigenvalue weighted by Gasteiger charge is -2.22. The van der Waals surface area contributed by atoms with Crippen LogP contribution in [0.1, 0.15) is 27.0 Å². The largest absolute Gasteiger partial charge is 0.458 e. The second kappa shape index (κ2) is 11.4. The van der Waals surface area contributed by atoms with Crippen LogP contribution in [0.2, 0.25) is 0 Å². The summed E-state index contributed by atoms with van der Waals surface area (Å²) in [6.45, 7) is 8.14. The summed E-state index contributed by atoms with van der Waals surface area (Å²) in [6.07, 6.45) is 2.07. The highest BCUT2D eigenvalue weighted by Gasteiger charge is 2.38. The molecule has 3 aromatic rings. The number of carbonyl (C=O) groups is 3. The van der Waals surface area contributed by atoms with Crippen LogP contribution in [0.15, 0.2) is 98.1 Å². The Morgan fingerprint density at radius 1 is 0.800 bits per heavy atom. The Kier molecular flexibility index (Phi) is 8.34. The Labute approximate surface area is 204 Å². The van der Waals surface area contributed by atoms with Crippen LogP contribution in [0, 0.1) is 6.92 Å². The first-order valence-electron chi connectivity index (χ1n) is 10.8. The normalized spacial score (nSPS) is 10.8. The molecule has 0 fully saturated rings. The van der Waals surface area contributed by atoms with Gasteiger partial charge < -0.3 is 14.0 Å². The molecule has 35 heavy (non-hydrogen) atoms. The van der Waals surface area contributed by atoms with E-state index in [1.54, 1.807) is 79.7 Å². The molecule has 178 valence electrons. The molecule has 0 saturated carbocycles. The minimum Gasteiger partial charge on any atom is -0.458 e. The molecule has 3 aromatic carbocycles. The maximum absolute atomic E-state index is 14.6. The number of esters is 2. The van der Waals surface area contributed by atoms with Crippen molar-refractivity contribution in [3.8, 4) is 0 Å². The molecule has 0 heterocycles. The van der Waals surface area contributed by atoms with Gasteiger partial charge in [-0.2, -0.15) is 0 Å². The molecule has 0 saturated heterocycles. The van der Waals surface area contributed by atoms with Crippen LogP contribution < -0.4 is 10.6 Å². The molecule has 6 nitrogen and oxygen atoms in total. The lowest BCUT2D eigenvalue weighted by molar-refractivity contribution is -0.139. The van der Waals surface area contributed by atoms with E-state index in [0.717, 1.165) is 12.2 Å². The number of rotatable bonds is 10. The van der Waals surface area contributed by atoms with Gasteiger partial charge in [0.2, 0.25) is 12.7 Å². The molecule has 7 heteroatoms.